The van der Waals surface area contributed by atoms with Crippen molar-refractivity contribution in [3.63, 3.8) is 0 Å². The predicted molar refractivity (Wildman–Crippen MR) is 74.1 cm³/mol. The molecule has 0 aliphatic rings. The molecular weight excluding hydrogens is 248 g/mol. The Bertz CT molecular complexity index is 398. The number of Topliss-reactive ketones (excluding diaryl/α,β-unsaturated/α-hetero) is 1. The third kappa shape index (κ3) is 4.92. The Morgan fingerprint density at radius 3 is 2.44 bits per heavy atom. The molecule has 0 amide bonds. The lowest BCUT2D eigenvalue weighted by Gasteiger charge is -2.02. The zero-order valence-electron chi connectivity index (χ0n) is 10.8. The molecule has 0 aromatic heterocycles. The van der Waals surface area contributed by atoms with Gasteiger partial charge in [-0.25, -0.2) is 0 Å². The van der Waals surface area contributed by atoms with E-state index in [0.717, 1.165) is 12.0 Å². The van der Waals surface area contributed by atoms with E-state index in [1.807, 2.05) is 24.3 Å². The lowest BCUT2D eigenvalue weighted by atomic mass is 10.1. The van der Waals surface area contributed by atoms with E-state index in [1.54, 1.807) is 0 Å². The number of thioether (sulfide) groups is 1. The fraction of sp³-hybridized carbons (Fsp3) is 0.429. The first-order valence-electron chi connectivity index (χ1n) is 5.94. The Labute approximate surface area is 112 Å². The predicted octanol–water partition coefficient (Wildman–Crippen LogP) is 2.73. The van der Waals surface area contributed by atoms with Gasteiger partial charge >= 0.3 is 5.97 Å². The average molecular weight is 266 g/mol. The molecule has 0 bridgehead atoms. The Kier molecular flexibility index (Phi) is 6.50. The van der Waals surface area contributed by atoms with Crippen LogP contribution < -0.4 is 0 Å². The van der Waals surface area contributed by atoms with Gasteiger partial charge in [0.05, 0.1) is 19.3 Å². The fourth-order valence-electron chi connectivity index (χ4n) is 1.43. The van der Waals surface area contributed by atoms with Crippen LogP contribution in [0.15, 0.2) is 24.3 Å². The molecule has 0 aliphatic heterocycles. The van der Waals surface area contributed by atoms with Crippen LogP contribution in [-0.4, -0.2) is 30.4 Å². The number of methoxy groups -OCH3 is 1. The van der Waals surface area contributed by atoms with E-state index in [-0.39, 0.29) is 11.8 Å². The minimum absolute atomic E-state index is 0.104. The zero-order valence-corrected chi connectivity index (χ0v) is 11.6. The number of carbonyl (C=O) groups excluding carboxylic acids is 2. The van der Waals surface area contributed by atoms with Crippen molar-refractivity contribution in [1.82, 2.24) is 0 Å². The second kappa shape index (κ2) is 7.93. The van der Waals surface area contributed by atoms with E-state index in [2.05, 4.69) is 11.7 Å². The van der Waals surface area contributed by atoms with E-state index < -0.39 is 0 Å². The van der Waals surface area contributed by atoms with E-state index in [4.69, 9.17) is 0 Å². The standard InChI is InChI=1S/C14H18O3S/c1-3-11-4-6-12(7-5-11)13(15)10-18-9-8-14(16)17-2/h4-7H,3,8-10H2,1-2H3. The molecule has 0 saturated carbocycles. The molecule has 0 N–H and O–H groups in total. The van der Waals surface area contributed by atoms with Crippen molar-refractivity contribution in [3.05, 3.63) is 35.4 Å². The normalized spacial score (nSPS) is 10.1. The number of hydrogen-bond donors (Lipinski definition) is 0. The third-order valence-corrected chi connectivity index (χ3v) is 3.55. The summed E-state index contributed by atoms with van der Waals surface area (Å²) in [6, 6.07) is 7.68. The van der Waals surface area contributed by atoms with Gasteiger partial charge in [0.15, 0.2) is 5.78 Å². The summed E-state index contributed by atoms with van der Waals surface area (Å²) < 4.78 is 4.53. The molecule has 1 aromatic rings. The van der Waals surface area contributed by atoms with Gasteiger partial charge in [0.1, 0.15) is 0 Å². The molecule has 0 spiro atoms. The highest BCUT2D eigenvalue weighted by molar-refractivity contribution is 8.00. The number of carbonyl (C=O) groups is 2. The Morgan fingerprint density at radius 2 is 1.89 bits per heavy atom. The molecule has 0 unspecified atom stereocenters. The lowest BCUT2D eigenvalue weighted by molar-refractivity contribution is -0.140. The van der Waals surface area contributed by atoms with Crippen LogP contribution in [0.25, 0.3) is 0 Å². The minimum atomic E-state index is -0.234. The zero-order chi connectivity index (χ0) is 13.4. The van der Waals surface area contributed by atoms with Crippen LogP contribution in [0.4, 0.5) is 0 Å². The van der Waals surface area contributed by atoms with Crippen LogP contribution in [0.1, 0.15) is 29.3 Å². The van der Waals surface area contributed by atoms with Crippen LogP contribution in [0.5, 0.6) is 0 Å². The van der Waals surface area contributed by atoms with Gasteiger partial charge < -0.3 is 4.74 Å². The van der Waals surface area contributed by atoms with Crippen molar-refractivity contribution in [1.29, 1.82) is 0 Å². The lowest BCUT2D eigenvalue weighted by Crippen LogP contribution is -2.05. The Balaban J connectivity index is 2.33. The number of aryl methyl sites for hydroxylation is 1. The van der Waals surface area contributed by atoms with E-state index in [0.29, 0.717) is 17.9 Å². The minimum Gasteiger partial charge on any atom is -0.469 e. The average Bonchev–Trinajstić information content (AvgIpc) is 2.43. The molecule has 4 heteroatoms. The molecule has 98 valence electrons. The van der Waals surface area contributed by atoms with E-state index >= 15 is 0 Å². The molecule has 18 heavy (non-hydrogen) atoms. The number of ketones is 1. The summed E-state index contributed by atoms with van der Waals surface area (Å²) in [6.07, 6.45) is 1.32. The van der Waals surface area contributed by atoms with Crippen molar-refractivity contribution >= 4 is 23.5 Å². The van der Waals surface area contributed by atoms with Gasteiger partial charge in [-0.05, 0) is 12.0 Å². The van der Waals surface area contributed by atoms with E-state index in [1.165, 1.54) is 24.4 Å². The van der Waals surface area contributed by atoms with Gasteiger partial charge in [-0.15, -0.1) is 0 Å². The number of esters is 1. The van der Waals surface area contributed by atoms with Gasteiger partial charge in [0.2, 0.25) is 0 Å². The number of benzene rings is 1. The summed E-state index contributed by atoms with van der Waals surface area (Å²) in [5.74, 6) is 0.892. The van der Waals surface area contributed by atoms with Crippen molar-refractivity contribution in [2.75, 3.05) is 18.6 Å². The third-order valence-electron chi connectivity index (χ3n) is 2.60. The van der Waals surface area contributed by atoms with Gasteiger partial charge in [-0.1, -0.05) is 31.2 Å². The SMILES string of the molecule is CCc1ccc(C(=O)CSCCC(=O)OC)cc1. The van der Waals surface area contributed by atoms with Crippen LogP contribution >= 0.6 is 11.8 Å². The first-order chi connectivity index (χ1) is 8.67. The van der Waals surface area contributed by atoms with Crippen LogP contribution in [0.3, 0.4) is 0 Å². The van der Waals surface area contributed by atoms with Crippen molar-refractivity contribution < 1.29 is 14.3 Å². The van der Waals surface area contributed by atoms with Gasteiger partial charge in [0.25, 0.3) is 0 Å². The maximum atomic E-state index is 11.8. The highest BCUT2D eigenvalue weighted by atomic mass is 32.2. The Hall–Kier alpha value is -1.29. The largest absolute Gasteiger partial charge is 0.469 e. The summed E-state index contributed by atoms with van der Waals surface area (Å²) in [6.45, 7) is 2.08. The summed E-state index contributed by atoms with van der Waals surface area (Å²) in [5, 5.41) is 0. The highest BCUT2D eigenvalue weighted by Gasteiger charge is 2.06. The maximum Gasteiger partial charge on any atom is 0.306 e. The van der Waals surface area contributed by atoms with Crippen LogP contribution in [-0.2, 0) is 16.0 Å². The topological polar surface area (TPSA) is 43.4 Å². The number of ether oxygens (including phenoxy) is 1. The monoisotopic (exact) mass is 266 g/mol. The summed E-state index contributed by atoms with van der Waals surface area (Å²) in [4.78, 5) is 22.7. The molecule has 0 aliphatic carbocycles. The van der Waals surface area contributed by atoms with Crippen molar-refractivity contribution in [3.8, 4) is 0 Å². The van der Waals surface area contributed by atoms with Crippen LogP contribution in [0.2, 0.25) is 0 Å². The second-order valence-corrected chi connectivity index (χ2v) is 4.96. The molecular formula is C14H18O3S. The van der Waals surface area contributed by atoms with Gasteiger partial charge in [-0.3, -0.25) is 9.59 Å². The van der Waals surface area contributed by atoms with Crippen molar-refractivity contribution in [2.24, 2.45) is 0 Å². The highest BCUT2D eigenvalue weighted by Crippen LogP contribution is 2.10. The van der Waals surface area contributed by atoms with Gasteiger partial charge in [0, 0.05) is 11.3 Å². The fourth-order valence-corrected chi connectivity index (χ4v) is 2.24. The second-order valence-electron chi connectivity index (χ2n) is 3.85. The maximum absolute atomic E-state index is 11.8. The number of hydrogen-bond acceptors (Lipinski definition) is 4. The van der Waals surface area contributed by atoms with Crippen LogP contribution in [0, 0.1) is 0 Å². The van der Waals surface area contributed by atoms with Gasteiger partial charge in [-0.2, -0.15) is 11.8 Å². The molecule has 0 fully saturated rings. The number of rotatable bonds is 7. The molecule has 0 atom stereocenters. The molecule has 0 heterocycles. The summed E-state index contributed by atoms with van der Waals surface area (Å²) in [5.41, 5.74) is 1.96. The Morgan fingerprint density at radius 1 is 1.22 bits per heavy atom. The molecule has 1 rings (SSSR count). The van der Waals surface area contributed by atoms with Crippen molar-refractivity contribution in [2.45, 2.75) is 19.8 Å². The summed E-state index contributed by atoms with van der Waals surface area (Å²) >= 11 is 1.46. The first kappa shape index (κ1) is 14.8. The molecule has 0 saturated heterocycles. The van der Waals surface area contributed by atoms with E-state index in [9.17, 15) is 9.59 Å². The quantitative estimate of drug-likeness (QED) is 0.432. The first-order valence-corrected chi connectivity index (χ1v) is 7.09. The molecule has 1 aromatic carbocycles. The smallest absolute Gasteiger partial charge is 0.306 e. The summed E-state index contributed by atoms with van der Waals surface area (Å²) in [7, 11) is 1.37. The molecule has 0 radical (unpaired) electrons. The molecule has 3 nitrogen and oxygen atoms in total.